The van der Waals surface area contributed by atoms with Crippen LogP contribution >= 0.6 is 0 Å². The van der Waals surface area contributed by atoms with Gasteiger partial charge in [0, 0.05) is 5.92 Å². The van der Waals surface area contributed by atoms with Crippen LogP contribution in [0.1, 0.15) is 37.4 Å². The lowest BCUT2D eigenvalue weighted by Crippen LogP contribution is -2.25. The standard InChI is InChI=1S/C21H24N2O2/c24-17(15-25-18-10-2-1-3-11-18)14-23-20-13-7-6-12-19(20)22-21(23)16-8-4-5-9-16/h1-3,6-7,10-13,16-17,24H,4-5,8-9,14-15H2. The third kappa shape index (κ3) is 3.54. The van der Waals surface area contributed by atoms with Crippen LogP contribution in [0.5, 0.6) is 5.75 Å². The fraction of sp³-hybridized carbons (Fsp3) is 0.381. The van der Waals surface area contributed by atoms with Gasteiger partial charge < -0.3 is 14.4 Å². The first-order valence-corrected chi connectivity index (χ1v) is 9.12. The molecule has 0 radical (unpaired) electrons. The molecule has 0 amide bonds. The molecule has 1 heterocycles. The van der Waals surface area contributed by atoms with E-state index in [2.05, 4.69) is 16.7 Å². The average Bonchev–Trinajstić information content (AvgIpc) is 3.29. The Balaban J connectivity index is 1.54. The molecule has 1 aliphatic carbocycles. The minimum atomic E-state index is -0.571. The Bertz CT molecular complexity index is 822. The molecule has 3 aromatic rings. The third-order valence-electron chi connectivity index (χ3n) is 4.98. The summed E-state index contributed by atoms with van der Waals surface area (Å²) >= 11 is 0. The Morgan fingerprint density at radius 3 is 2.56 bits per heavy atom. The Morgan fingerprint density at radius 1 is 1.04 bits per heavy atom. The third-order valence-corrected chi connectivity index (χ3v) is 4.98. The molecule has 0 saturated heterocycles. The number of hydrogen-bond acceptors (Lipinski definition) is 3. The molecule has 0 spiro atoms. The number of aromatic nitrogens is 2. The van der Waals surface area contributed by atoms with Gasteiger partial charge in [-0.2, -0.15) is 0 Å². The van der Waals surface area contributed by atoms with Crippen molar-refractivity contribution in [2.75, 3.05) is 6.61 Å². The molecule has 130 valence electrons. The molecular weight excluding hydrogens is 312 g/mol. The van der Waals surface area contributed by atoms with Gasteiger partial charge in [-0.15, -0.1) is 0 Å². The lowest BCUT2D eigenvalue weighted by atomic mass is 10.1. The van der Waals surface area contributed by atoms with E-state index < -0.39 is 6.10 Å². The Kier molecular flexibility index (Phi) is 4.70. The fourth-order valence-electron chi connectivity index (χ4n) is 3.75. The first-order chi connectivity index (χ1) is 12.3. The summed E-state index contributed by atoms with van der Waals surface area (Å²) < 4.78 is 7.91. The van der Waals surface area contributed by atoms with Crippen LogP contribution < -0.4 is 4.74 Å². The molecule has 1 saturated carbocycles. The van der Waals surface area contributed by atoms with Gasteiger partial charge in [-0.05, 0) is 37.1 Å². The van der Waals surface area contributed by atoms with Crippen LogP contribution in [0.3, 0.4) is 0 Å². The maximum absolute atomic E-state index is 10.5. The molecule has 4 rings (SSSR count). The van der Waals surface area contributed by atoms with Crippen molar-refractivity contribution in [1.29, 1.82) is 0 Å². The summed E-state index contributed by atoms with van der Waals surface area (Å²) in [5.74, 6) is 2.42. The largest absolute Gasteiger partial charge is 0.491 e. The molecular formula is C21H24N2O2. The number of fused-ring (bicyclic) bond motifs is 1. The first kappa shape index (κ1) is 16.2. The zero-order valence-corrected chi connectivity index (χ0v) is 14.3. The lowest BCUT2D eigenvalue weighted by molar-refractivity contribution is 0.0924. The van der Waals surface area contributed by atoms with Crippen LogP contribution in [0.15, 0.2) is 54.6 Å². The van der Waals surface area contributed by atoms with E-state index in [0.717, 1.165) is 22.6 Å². The number of aliphatic hydroxyl groups is 1. The van der Waals surface area contributed by atoms with Crippen LogP contribution in [0.4, 0.5) is 0 Å². The predicted molar refractivity (Wildman–Crippen MR) is 98.9 cm³/mol. The molecule has 1 atom stereocenters. The Hall–Kier alpha value is -2.33. The van der Waals surface area contributed by atoms with Gasteiger partial charge in [-0.3, -0.25) is 0 Å². The second-order valence-electron chi connectivity index (χ2n) is 6.83. The highest BCUT2D eigenvalue weighted by Gasteiger charge is 2.24. The number of benzene rings is 2. The highest BCUT2D eigenvalue weighted by atomic mass is 16.5. The second-order valence-corrected chi connectivity index (χ2v) is 6.83. The van der Waals surface area contributed by atoms with Gasteiger partial charge in [-0.25, -0.2) is 4.98 Å². The molecule has 25 heavy (non-hydrogen) atoms. The molecule has 1 fully saturated rings. The molecule has 0 aliphatic heterocycles. The maximum Gasteiger partial charge on any atom is 0.119 e. The van der Waals surface area contributed by atoms with Gasteiger partial charge in [0.25, 0.3) is 0 Å². The number of nitrogens with zero attached hydrogens (tertiary/aromatic N) is 2. The Morgan fingerprint density at radius 2 is 1.76 bits per heavy atom. The molecule has 1 N–H and O–H groups in total. The van der Waals surface area contributed by atoms with E-state index >= 15 is 0 Å². The number of ether oxygens (including phenoxy) is 1. The molecule has 1 aromatic heterocycles. The average molecular weight is 336 g/mol. The topological polar surface area (TPSA) is 47.3 Å². The summed E-state index contributed by atoms with van der Waals surface area (Å²) in [6, 6.07) is 17.8. The van der Waals surface area contributed by atoms with E-state index in [0.29, 0.717) is 12.5 Å². The molecule has 1 aliphatic rings. The number of rotatable bonds is 6. The van der Waals surface area contributed by atoms with Crippen molar-refractivity contribution in [3.05, 3.63) is 60.4 Å². The van der Waals surface area contributed by atoms with Crippen molar-refractivity contribution >= 4 is 11.0 Å². The molecule has 2 aromatic carbocycles. The van der Waals surface area contributed by atoms with Crippen molar-refractivity contribution in [3.63, 3.8) is 0 Å². The van der Waals surface area contributed by atoms with E-state index in [-0.39, 0.29) is 6.61 Å². The quantitative estimate of drug-likeness (QED) is 0.736. The van der Waals surface area contributed by atoms with Gasteiger partial charge in [0.1, 0.15) is 24.3 Å². The molecule has 4 heteroatoms. The number of hydrogen-bond donors (Lipinski definition) is 1. The van der Waals surface area contributed by atoms with Gasteiger partial charge in [0.2, 0.25) is 0 Å². The van der Waals surface area contributed by atoms with Crippen molar-refractivity contribution in [3.8, 4) is 5.75 Å². The number of para-hydroxylation sites is 3. The van der Waals surface area contributed by atoms with Gasteiger partial charge in [-0.1, -0.05) is 43.2 Å². The molecule has 0 bridgehead atoms. The van der Waals surface area contributed by atoms with Crippen LogP contribution in [0.25, 0.3) is 11.0 Å². The summed E-state index contributed by atoms with van der Waals surface area (Å²) in [6.07, 6.45) is 4.36. The minimum Gasteiger partial charge on any atom is -0.491 e. The lowest BCUT2D eigenvalue weighted by Gasteiger charge is -2.18. The summed E-state index contributed by atoms with van der Waals surface area (Å²) in [5.41, 5.74) is 2.11. The summed E-state index contributed by atoms with van der Waals surface area (Å²) in [6.45, 7) is 0.791. The highest BCUT2D eigenvalue weighted by molar-refractivity contribution is 5.76. The highest BCUT2D eigenvalue weighted by Crippen LogP contribution is 2.35. The maximum atomic E-state index is 10.5. The zero-order chi connectivity index (χ0) is 17.1. The Labute approximate surface area is 148 Å². The van der Waals surface area contributed by atoms with E-state index in [1.165, 1.54) is 25.7 Å². The van der Waals surface area contributed by atoms with E-state index in [4.69, 9.17) is 9.72 Å². The van der Waals surface area contributed by atoms with Crippen molar-refractivity contribution in [2.24, 2.45) is 0 Å². The van der Waals surface area contributed by atoms with Crippen molar-refractivity contribution < 1.29 is 9.84 Å². The van der Waals surface area contributed by atoms with Crippen molar-refractivity contribution in [2.45, 2.75) is 44.2 Å². The van der Waals surface area contributed by atoms with E-state index in [1.807, 2.05) is 42.5 Å². The van der Waals surface area contributed by atoms with E-state index in [9.17, 15) is 5.11 Å². The fourth-order valence-corrected chi connectivity index (χ4v) is 3.75. The summed E-state index contributed by atoms with van der Waals surface area (Å²) in [4.78, 5) is 4.88. The number of aliphatic hydroxyl groups excluding tert-OH is 1. The van der Waals surface area contributed by atoms with Gasteiger partial charge in [0.15, 0.2) is 0 Å². The van der Waals surface area contributed by atoms with Crippen LogP contribution in [0.2, 0.25) is 0 Å². The predicted octanol–water partition coefficient (Wildman–Crippen LogP) is 4.13. The van der Waals surface area contributed by atoms with Crippen molar-refractivity contribution in [1.82, 2.24) is 9.55 Å². The van der Waals surface area contributed by atoms with Gasteiger partial charge >= 0.3 is 0 Å². The molecule has 4 nitrogen and oxygen atoms in total. The summed E-state index contributed by atoms with van der Waals surface area (Å²) in [5, 5.41) is 10.5. The van der Waals surface area contributed by atoms with Crippen LogP contribution in [0, 0.1) is 0 Å². The monoisotopic (exact) mass is 336 g/mol. The minimum absolute atomic E-state index is 0.278. The first-order valence-electron chi connectivity index (χ1n) is 9.12. The second kappa shape index (κ2) is 7.28. The van der Waals surface area contributed by atoms with Gasteiger partial charge in [0.05, 0.1) is 17.6 Å². The normalized spacial score (nSPS) is 16.4. The van der Waals surface area contributed by atoms with Crippen LogP contribution in [-0.2, 0) is 6.54 Å². The zero-order valence-electron chi connectivity index (χ0n) is 14.3. The smallest absolute Gasteiger partial charge is 0.119 e. The van der Waals surface area contributed by atoms with E-state index in [1.54, 1.807) is 0 Å². The SMILES string of the molecule is OC(COc1ccccc1)Cn1c(C2CCCC2)nc2ccccc21. The summed E-state index contributed by atoms with van der Waals surface area (Å²) in [7, 11) is 0. The molecule has 1 unspecified atom stereocenters. The van der Waals surface area contributed by atoms with Crippen LogP contribution in [-0.4, -0.2) is 27.4 Å². The number of imidazole rings is 1.